The van der Waals surface area contributed by atoms with Crippen LogP contribution < -0.4 is 0 Å². The van der Waals surface area contributed by atoms with Gasteiger partial charge in [0.15, 0.2) is 0 Å². The third kappa shape index (κ3) is 2.28. The molecule has 0 heterocycles. The van der Waals surface area contributed by atoms with E-state index in [1.54, 1.807) is 0 Å². The van der Waals surface area contributed by atoms with Gasteiger partial charge in [-0.15, -0.1) is 6.58 Å². The highest BCUT2D eigenvalue weighted by atomic mass is 16.5. The highest BCUT2D eigenvalue weighted by Crippen LogP contribution is 2.46. The molecule has 86 valence electrons. The van der Waals surface area contributed by atoms with Gasteiger partial charge in [0, 0.05) is 0 Å². The number of fused-ring (bicyclic) bond motifs is 2. The molecule has 0 aromatic rings. The normalized spacial score (nSPS) is 45.1. The van der Waals surface area contributed by atoms with Crippen molar-refractivity contribution in [2.24, 2.45) is 23.7 Å². The number of hydrogen-bond donors (Lipinski definition) is 0. The zero-order chi connectivity index (χ0) is 10.8. The summed E-state index contributed by atoms with van der Waals surface area (Å²) in [6.45, 7) is 9.27. The van der Waals surface area contributed by atoms with Gasteiger partial charge < -0.3 is 4.74 Å². The summed E-state index contributed by atoms with van der Waals surface area (Å²) < 4.78 is 5.94. The largest absolute Gasteiger partial charge is 0.374 e. The van der Waals surface area contributed by atoms with E-state index in [4.69, 9.17) is 4.74 Å². The summed E-state index contributed by atoms with van der Waals surface area (Å²) in [5.41, 5.74) is 0. The summed E-state index contributed by atoms with van der Waals surface area (Å²) in [5.74, 6) is 3.53. The van der Waals surface area contributed by atoms with Crippen LogP contribution in [0.5, 0.6) is 0 Å². The Bertz CT molecular complexity index is 223. The van der Waals surface area contributed by atoms with Gasteiger partial charge >= 0.3 is 0 Å². The first-order valence-electron chi connectivity index (χ1n) is 6.45. The van der Waals surface area contributed by atoms with Crippen molar-refractivity contribution < 1.29 is 4.74 Å². The second kappa shape index (κ2) is 4.69. The van der Waals surface area contributed by atoms with Crippen LogP contribution in [-0.4, -0.2) is 12.7 Å². The third-order valence-electron chi connectivity index (χ3n) is 4.61. The van der Waals surface area contributed by atoms with Gasteiger partial charge in [-0.1, -0.05) is 26.3 Å². The molecule has 0 aromatic carbocycles. The van der Waals surface area contributed by atoms with E-state index in [0.717, 1.165) is 30.3 Å². The molecule has 0 saturated heterocycles. The van der Waals surface area contributed by atoms with Gasteiger partial charge in [0.25, 0.3) is 0 Å². The summed E-state index contributed by atoms with van der Waals surface area (Å²) in [6.07, 6.45) is 7.92. The minimum absolute atomic E-state index is 0.504. The fourth-order valence-electron chi connectivity index (χ4n) is 3.54. The van der Waals surface area contributed by atoms with Crippen LogP contribution in [0.2, 0.25) is 0 Å². The molecule has 0 N–H and O–H groups in total. The van der Waals surface area contributed by atoms with Crippen LogP contribution >= 0.6 is 0 Å². The molecule has 5 atom stereocenters. The van der Waals surface area contributed by atoms with Crippen LogP contribution in [0.1, 0.15) is 39.5 Å². The molecule has 0 aliphatic heterocycles. The fraction of sp³-hybridized carbons (Fsp3) is 0.857. The van der Waals surface area contributed by atoms with Crippen LogP contribution in [0.3, 0.4) is 0 Å². The van der Waals surface area contributed by atoms with Gasteiger partial charge in [-0.3, -0.25) is 0 Å². The molecular formula is C14H24O. The molecule has 0 amide bonds. The average Bonchev–Trinajstić information content (AvgIpc) is 2.24. The van der Waals surface area contributed by atoms with E-state index in [0.29, 0.717) is 6.10 Å². The maximum Gasteiger partial charge on any atom is 0.0648 e. The summed E-state index contributed by atoms with van der Waals surface area (Å²) in [6, 6.07) is 0. The van der Waals surface area contributed by atoms with Crippen molar-refractivity contribution in [3.63, 3.8) is 0 Å². The topological polar surface area (TPSA) is 9.23 Å². The summed E-state index contributed by atoms with van der Waals surface area (Å²) in [7, 11) is 0. The van der Waals surface area contributed by atoms with Crippen molar-refractivity contribution in [1.82, 2.24) is 0 Å². The number of hydrogen-bond acceptors (Lipinski definition) is 1. The van der Waals surface area contributed by atoms with E-state index >= 15 is 0 Å². The second-order valence-electron chi connectivity index (χ2n) is 5.59. The summed E-state index contributed by atoms with van der Waals surface area (Å²) in [4.78, 5) is 0. The van der Waals surface area contributed by atoms with Gasteiger partial charge in [0.2, 0.25) is 0 Å². The SMILES string of the molecule is C=CCOC1CC(C)C2CCC(C)C1C2. The maximum absolute atomic E-state index is 5.94. The third-order valence-corrected chi connectivity index (χ3v) is 4.61. The van der Waals surface area contributed by atoms with E-state index in [1.165, 1.54) is 25.7 Å². The fourth-order valence-corrected chi connectivity index (χ4v) is 3.54. The second-order valence-corrected chi connectivity index (χ2v) is 5.59. The molecule has 2 bridgehead atoms. The Labute approximate surface area is 93.9 Å². The van der Waals surface area contributed by atoms with E-state index in [2.05, 4.69) is 20.4 Å². The number of ether oxygens (including phenoxy) is 1. The van der Waals surface area contributed by atoms with Crippen molar-refractivity contribution in [3.8, 4) is 0 Å². The Kier molecular flexibility index (Phi) is 3.50. The summed E-state index contributed by atoms with van der Waals surface area (Å²) in [5, 5.41) is 0. The molecular weight excluding hydrogens is 184 g/mol. The van der Waals surface area contributed by atoms with Crippen LogP contribution in [0.25, 0.3) is 0 Å². The molecule has 1 nitrogen and oxygen atoms in total. The van der Waals surface area contributed by atoms with Gasteiger partial charge in [0.05, 0.1) is 12.7 Å². The highest BCUT2D eigenvalue weighted by molar-refractivity contribution is 4.91. The molecule has 2 aliphatic rings. The Morgan fingerprint density at radius 1 is 1.20 bits per heavy atom. The molecule has 2 fully saturated rings. The number of rotatable bonds is 3. The lowest BCUT2D eigenvalue weighted by atomic mass is 9.62. The zero-order valence-electron chi connectivity index (χ0n) is 10.1. The van der Waals surface area contributed by atoms with Crippen molar-refractivity contribution >= 4 is 0 Å². The average molecular weight is 208 g/mol. The van der Waals surface area contributed by atoms with E-state index in [9.17, 15) is 0 Å². The van der Waals surface area contributed by atoms with Crippen LogP contribution in [0.4, 0.5) is 0 Å². The minimum atomic E-state index is 0.504. The van der Waals surface area contributed by atoms with Crippen molar-refractivity contribution in [1.29, 1.82) is 0 Å². The maximum atomic E-state index is 5.94. The predicted molar refractivity (Wildman–Crippen MR) is 63.7 cm³/mol. The Morgan fingerprint density at radius 3 is 2.73 bits per heavy atom. The smallest absolute Gasteiger partial charge is 0.0648 e. The Morgan fingerprint density at radius 2 is 2.00 bits per heavy atom. The summed E-state index contributed by atoms with van der Waals surface area (Å²) >= 11 is 0. The van der Waals surface area contributed by atoms with Crippen molar-refractivity contribution in [3.05, 3.63) is 12.7 Å². The van der Waals surface area contributed by atoms with Gasteiger partial charge in [-0.2, -0.15) is 0 Å². The van der Waals surface area contributed by atoms with E-state index in [1.807, 2.05) is 6.08 Å². The van der Waals surface area contributed by atoms with Gasteiger partial charge in [-0.05, 0) is 42.9 Å². The van der Waals surface area contributed by atoms with Gasteiger partial charge in [-0.25, -0.2) is 0 Å². The first kappa shape index (κ1) is 11.2. The molecule has 0 aromatic heterocycles. The molecule has 5 unspecified atom stereocenters. The van der Waals surface area contributed by atoms with Crippen LogP contribution in [0, 0.1) is 23.7 Å². The van der Waals surface area contributed by atoms with Crippen LogP contribution in [-0.2, 0) is 4.74 Å². The lowest BCUT2D eigenvalue weighted by molar-refractivity contribution is -0.0679. The van der Waals surface area contributed by atoms with Gasteiger partial charge in [0.1, 0.15) is 0 Å². The van der Waals surface area contributed by atoms with Crippen molar-refractivity contribution in [2.45, 2.75) is 45.6 Å². The quantitative estimate of drug-likeness (QED) is 0.643. The molecule has 0 radical (unpaired) electrons. The molecule has 2 rings (SSSR count). The predicted octanol–water partition coefficient (Wildman–Crippen LogP) is 3.65. The monoisotopic (exact) mass is 208 g/mol. The van der Waals surface area contributed by atoms with Crippen LogP contribution in [0.15, 0.2) is 12.7 Å². The van der Waals surface area contributed by atoms with Crippen molar-refractivity contribution in [2.75, 3.05) is 6.61 Å². The standard InChI is InChI=1S/C14H24O/c1-4-7-15-14-8-11(3)12-6-5-10(2)13(14)9-12/h4,10-14H,1,5-9H2,2-3H3. The van der Waals surface area contributed by atoms with E-state index in [-0.39, 0.29) is 0 Å². The highest BCUT2D eigenvalue weighted by Gasteiger charge is 2.41. The Hall–Kier alpha value is -0.300. The molecule has 2 aliphatic carbocycles. The minimum Gasteiger partial charge on any atom is -0.374 e. The molecule has 2 saturated carbocycles. The zero-order valence-corrected chi connectivity index (χ0v) is 10.1. The molecule has 0 spiro atoms. The van der Waals surface area contributed by atoms with E-state index < -0.39 is 0 Å². The Balaban J connectivity index is 2.00. The molecule has 1 heteroatoms. The lowest BCUT2D eigenvalue weighted by Gasteiger charge is -2.46. The first-order chi connectivity index (χ1) is 7.22. The molecule has 15 heavy (non-hydrogen) atoms. The lowest BCUT2D eigenvalue weighted by Crippen LogP contribution is -2.42. The first-order valence-corrected chi connectivity index (χ1v) is 6.45.